The Morgan fingerprint density at radius 1 is 1.27 bits per heavy atom. The average molecular weight is 300 g/mol. The molecule has 116 valence electrons. The molecule has 1 aliphatic heterocycles. The number of carbonyl (C=O) groups excluding carboxylic acids is 1. The maximum atomic E-state index is 11.4. The molecule has 0 spiro atoms. The minimum atomic E-state index is -0.409. The lowest BCUT2D eigenvalue weighted by Gasteiger charge is -2.31. The largest absolute Gasteiger partial charge is 0.299 e. The molecule has 0 bridgehead atoms. The minimum Gasteiger partial charge on any atom is -0.299 e. The number of likely N-dealkylation sites (tertiary alicyclic amines) is 1. The van der Waals surface area contributed by atoms with Crippen molar-refractivity contribution in [1.29, 1.82) is 0 Å². The Labute approximate surface area is 129 Å². The van der Waals surface area contributed by atoms with Gasteiger partial charge in [0, 0.05) is 19.6 Å². The van der Waals surface area contributed by atoms with Gasteiger partial charge < -0.3 is 0 Å². The Balaban J connectivity index is 1.55. The highest BCUT2D eigenvalue weighted by molar-refractivity contribution is 5.91. The molecule has 7 nitrogen and oxygen atoms in total. The summed E-state index contributed by atoms with van der Waals surface area (Å²) in [5.41, 5.74) is 3.66. The van der Waals surface area contributed by atoms with Crippen LogP contribution in [-0.4, -0.2) is 38.9 Å². The monoisotopic (exact) mass is 300 g/mol. The number of piperidine rings is 1. The van der Waals surface area contributed by atoms with Crippen molar-refractivity contribution in [3.05, 3.63) is 47.8 Å². The third-order valence-electron chi connectivity index (χ3n) is 4.05. The molecule has 0 unspecified atom stereocenters. The van der Waals surface area contributed by atoms with E-state index in [1.54, 1.807) is 10.9 Å². The molecule has 7 heteroatoms. The van der Waals surface area contributed by atoms with E-state index in [-0.39, 0.29) is 5.69 Å². The molecule has 0 atom stereocenters. The quantitative estimate of drug-likeness (QED) is 0.493. The van der Waals surface area contributed by atoms with Crippen LogP contribution in [-0.2, 0) is 6.54 Å². The molecule has 1 saturated heterocycles. The molecule has 1 aromatic heterocycles. The second-order valence-corrected chi connectivity index (χ2v) is 5.55. The molecule has 22 heavy (non-hydrogen) atoms. The van der Waals surface area contributed by atoms with Gasteiger partial charge in [-0.05, 0) is 18.4 Å². The standard InChI is InChI=1S/C15H20N6O/c16-17-15(22)14-11-21(19-18-14)13-6-8-20(9-7-13)10-12-4-2-1-3-5-12/h1-5,11,13H,6-10,16H2,(H,17,22). The van der Waals surface area contributed by atoms with Gasteiger partial charge >= 0.3 is 0 Å². The average Bonchev–Trinajstić information content (AvgIpc) is 3.06. The topological polar surface area (TPSA) is 89.1 Å². The zero-order valence-corrected chi connectivity index (χ0v) is 12.4. The molecular formula is C15H20N6O. The lowest BCUT2D eigenvalue weighted by molar-refractivity contribution is 0.0948. The SMILES string of the molecule is NNC(=O)c1cn(C2CCN(Cc3ccccc3)CC2)nn1. The van der Waals surface area contributed by atoms with Gasteiger partial charge in [-0.1, -0.05) is 35.5 Å². The molecule has 0 aliphatic carbocycles. The lowest BCUT2D eigenvalue weighted by atomic mass is 10.0. The van der Waals surface area contributed by atoms with Crippen LogP contribution in [0.3, 0.4) is 0 Å². The number of rotatable bonds is 4. The first-order valence-electron chi connectivity index (χ1n) is 7.45. The van der Waals surface area contributed by atoms with Crippen molar-refractivity contribution in [2.45, 2.75) is 25.4 Å². The van der Waals surface area contributed by atoms with E-state index in [0.29, 0.717) is 6.04 Å². The van der Waals surface area contributed by atoms with Gasteiger partial charge in [0.25, 0.3) is 5.91 Å². The zero-order chi connectivity index (χ0) is 15.4. The van der Waals surface area contributed by atoms with Crippen molar-refractivity contribution < 1.29 is 4.79 Å². The molecule has 1 fully saturated rings. The first-order valence-corrected chi connectivity index (χ1v) is 7.45. The van der Waals surface area contributed by atoms with Crippen LogP contribution >= 0.6 is 0 Å². The fourth-order valence-corrected chi connectivity index (χ4v) is 2.82. The molecule has 2 aromatic rings. The molecule has 3 rings (SSSR count). The van der Waals surface area contributed by atoms with E-state index in [0.717, 1.165) is 32.5 Å². The van der Waals surface area contributed by atoms with E-state index in [1.807, 2.05) is 6.07 Å². The molecule has 0 saturated carbocycles. The number of benzene rings is 1. The van der Waals surface area contributed by atoms with Crippen LogP contribution in [0.1, 0.15) is 34.9 Å². The number of aromatic nitrogens is 3. The number of nitrogens with zero attached hydrogens (tertiary/aromatic N) is 4. The molecule has 1 aliphatic rings. The Bertz CT molecular complexity index is 618. The van der Waals surface area contributed by atoms with Gasteiger partial charge in [0.05, 0.1) is 12.2 Å². The van der Waals surface area contributed by atoms with Crippen molar-refractivity contribution in [3.8, 4) is 0 Å². The summed E-state index contributed by atoms with van der Waals surface area (Å²) in [5, 5.41) is 7.91. The smallest absolute Gasteiger partial charge is 0.287 e. The summed E-state index contributed by atoms with van der Waals surface area (Å²) in [4.78, 5) is 13.8. The number of carbonyl (C=O) groups is 1. The summed E-state index contributed by atoms with van der Waals surface area (Å²) in [7, 11) is 0. The highest BCUT2D eigenvalue weighted by Gasteiger charge is 2.22. The number of nitrogen functional groups attached to an aromatic ring is 1. The van der Waals surface area contributed by atoms with Crippen molar-refractivity contribution in [3.63, 3.8) is 0 Å². The third-order valence-corrected chi connectivity index (χ3v) is 4.05. The maximum absolute atomic E-state index is 11.4. The van der Waals surface area contributed by atoms with Crippen LogP contribution in [0.5, 0.6) is 0 Å². The normalized spacial score (nSPS) is 16.6. The van der Waals surface area contributed by atoms with Crippen molar-refractivity contribution in [1.82, 2.24) is 25.3 Å². The van der Waals surface area contributed by atoms with Crippen molar-refractivity contribution in [2.75, 3.05) is 13.1 Å². The van der Waals surface area contributed by atoms with Gasteiger partial charge in [-0.3, -0.25) is 15.1 Å². The van der Waals surface area contributed by atoms with Gasteiger partial charge in [0.2, 0.25) is 0 Å². The summed E-state index contributed by atoms with van der Waals surface area (Å²) in [6.07, 6.45) is 3.67. The summed E-state index contributed by atoms with van der Waals surface area (Å²) >= 11 is 0. The predicted octanol–water partition coefficient (Wildman–Crippen LogP) is 0.719. The number of hydrazine groups is 1. The second kappa shape index (κ2) is 6.67. The number of nitrogens with two attached hydrogens (primary N) is 1. The van der Waals surface area contributed by atoms with Gasteiger partial charge in [-0.15, -0.1) is 5.10 Å². The zero-order valence-electron chi connectivity index (χ0n) is 12.4. The number of hydrogen-bond donors (Lipinski definition) is 2. The first kappa shape index (κ1) is 14.7. The Morgan fingerprint density at radius 2 is 2.00 bits per heavy atom. The Hall–Kier alpha value is -2.25. The summed E-state index contributed by atoms with van der Waals surface area (Å²) in [5.74, 6) is 4.69. The molecule has 3 N–H and O–H groups in total. The van der Waals surface area contributed by atoms with Gasteiger partial charge in [0.1, 0.15) is 0 Å². The molecular weight excluding hydrogens is 280 g/mol. The third kappa shape index (κ3) is 3.32. The van der Waals surface area contributed by atoms with E-state index in [1.165, 1.54) is 5.56 Å². The Kier molecular flexibility index (Phi) is 4.45. The molecule has 1 amide bonds. The van der Waals surface area contributed by atoms with Gasteiger partial charge in [-0.25, -0.2) is 10.5 Å². The summed E-state index contributed by atoms with van der Waals surface area (Å²) in [6, 6.07) is 10.8. The van der Waals surface area contributed by atoms with E-state index < -0.39 is 5.91 Å². The van der Waals surface area contributed by atoms with E-state index in [2.05, 4.69) is 44.9 Å². The highest BCUT2D eigenvalue weighted by atomic mass is 16.2. The van der Waals surface area contributed by atoms with Crippen LogP contribution < -0.4 is 11.3 Å². The number of nitrogens with one attached hydrogen (secondary N) is 1. The first-order chi connectivity index (χ1) is 10.8. The van der Waals surface area contributed by atoms with Crippen LogP contribution in [0.4, 0.5) is 0 Å². The van der Waals surface area contributed by atoms with Crippen LogP contribution in [0.2, 0.25) is 0 Å². The fraction of sp³-hybridized carbons (Fsp3) is 0.400. The van der Waals surface area contributed by atoms with E-state index in [9.17, 15) is 4.79 Å². The van der Waals surface area contributed by atoms with E-state index >= 15 is 0 Å². The van der Waals surface area contributed by atoms with Gasteiger partial charge in [-0.2, -0.15) is 0 Å². The maximum Gasteiger partial charge on any atom is 0.287 e. The minimum absolute atomic E-state index is 0.259. The number of amides is 1. The molecule has 0 radical (unpaired) electrons. The molecule has 2 heterocycles. The summed E-state index contributed by atoms with van der Waals surface area (Å²) < 4.78 is 1.78. The number of hydrogen-bond acceptors (Lipinski definition) is 5. The van der Waals surface area contributed by atoms with Crippen molar-refractivity contribution in [2.24, 2.45) is 5.84 Å². The highest BCUT2D eigenvalue weighted by Crippen LogP contribution is 2.22. The van der Waals surface area contributed by atoms with Crippen molar-refractivity contribution >= 4 is 5.91 Å². The Morgan fingerprint density at radius 3 is 2.68 bits per heavy atom. The summed E-state index contributed by atoms with van der Waals surface area (Å²) in [6.45, 7) is 3.00. The van der Waals surface area contributed by atoms with Crippen LogP contribution in [0, 0.1) is 0 Å². The lowest BCUT2D eigenvalue weighted by Crippen LogP contribution is -2.34. The molecule has 1 aromatic carbocycles. The van der Waals surface area contributed by atoms with Crippen LogP contribution in [0.25, 0.3) is 0 Å². The predicted molar refractivity (Wildman–Crippen MR) is 81.7 cm³/mol. The van der Waals surface area contributed by atoms with Crippen LogP contribution in [0.15, 0.2) is 36.5 Å². The second-order valence-electron chi connectivity index (χ2n) is 5.55. The van der Waals surface area contributed by atoms with E-state index in [4.69, 9.17) is 5.84 Å². The fourth-order valence-electron chi connectivity index (χ4n) is 2.82. The van der Waals surface area contributed by atoms with Gasteiger partial charge in [0.15, 0.2) is 5.69 Å².